The summed E-state index contributed by atoms with van der Waals surface area (Å²) in [7, 11) is 4.71. The molecule has 0 aliphatic carbocycles. The standard InChI is InChI=1S/C26H38N4O5/c1-33-15-7-14-29(17-20-8-6-13-28-12-5-4-9-21(20)28)23(31)18-30-26(32)24-19(16-27-30)10-11-22(34-2)25(24)35-3/h10-11,16,20-21H,4-9,12-15,17-18H2,1-3H3. The zero-order chi connectivity index (χ0) is 24.8. The summed E-state index contributed by atoms with van der Waals surface area (Å²) in [5.41, 5.74) is -0.362. The molecule has 0 saturated carbocycles. The number of benzene rings is 1. The van der Waals surface area contributed by atoms with Gasteiger partial charge in [-0.15, -0.1) is 0 Å². The van der Waals surface area contributed by atoms with Crippen molar-refractivity contribution in [2.24, 2.45) is 5.92 Å². The van der Waals surface area contributed by atoms with Crippen LogP contribution in [0.5, 0.6) is 11.5 Å². The fourth-order valence-electron chi connectivity index (χ4n) is 5.72. The average molecular weight is 487 g/mol. The summed E-state index contributed by atoms with van der Waals surface area (Å²) in [6.45, 7) is 4.14. The van der Waals surface area contributed by atoms with Crippen molar-refractivity contribution in [3.8, 4) is 11.5 Å². The number of aromatic nitrogens is 2. The van der Waals surface area contributed by atoms with Gasteiger partial charge in [0.1, 0.15) is 6.54 Å². The van der Waals surface area contributed by atoms with Gasteiger partial charge in [-0.1, -0.05) is 6.42 Å². The predicted octanol–water partition coefficient (Wildman–Crippen LogP) is 2.54. The van der Waals surface area contributed by atoms with Crippen LogP contribution in [0.15, 0.2) is 23.1 Å². The highest BCUT2D eigenvalue weighted by Gasteiger charge is 2.34. The van der Waals surface area contributed by atoms with Crippen LogP contribution in [0.1, 0.15) is 38.5 Å². The Labute approximate surface area is 206 Å². The minimum atomic E-state index is -0.362. The normalized spacial score (nSPS) is 20.4. The number of hydrogen-bond donors (Lipinski definition) is 0. The van der Waals surface area contributed by atoms with Crippen LogP contribution < -0.4 is 15.0 Å². The Kier molecular flexibility index (Phi) is 8.62. The molecular weight excluding hydrogens is 448 g/mol. The van der Waals surface area contributed by atoms with Crippen molar-refractivity contribution in [3.63, 3.8) is 0 Å². The quantitative estimate of drug-likeness (QED) is 0.477. The topological polar surface area (TPSA) is 86.1 Å². The Morgan fingerprint density at radius 1 is 1.11 bits per heavy atom. The van der Waals surface area contributed by atoms with E-state index in [9.17, 15) is 9.59 Å². The van der Waals surface area contributed by atoms with E-state index in [2.05, 4.69) is 10.00 Å². The average Bonchev–Trinajstić information content (AvgIpc) is 2.89. The predicted molar refractivity (Wildman–Crippen MR) is 134 cm³/mol. The van der Waals surface area contributed by atoms with Crippen molar-refractivity contribution in [2.45, 2.75) is 51.1 Å². The Bertz CT molecular complexity index is 1070. The molecular formula is C26H38N4O5. The first kappa shape index (κ1) is 25.4. The minimum absolute atomic E-state index is 0.0927. The number of amides is 1. The number of piperidine rings is 2. The fraction of sp³-hybridized carbons (Fsp3) is 0.654. The number of hydrogen-bond acceptors (Lipinski definition) is 7. The summed E-state index contributed by atoms with van der Waals surface area (Å²) in [5.74, 6) is 1.19. The number of carbonyl (C=O) groups is 1. The lowest BCUT2D eigenvalue weighted by Gasteiger charge is -2.45. The number of carbonyl (C=O) groups excluding carboxylic acids is 1. The SMILES string of the molecule is COCCCN(CC1CCCN2CCCCC12)C(=O)Cn1ncc2ccc(OC)c(OC)c2c1=O. The second kappa shape index (κ2) is 11.9. The molecule has 2 fully saturated rings. The van der Waals surface area contributed by atoms with Crippen molar-refractivity contribution in [2.75, 3.05) is 54.1 Å². The van der Waals surface area contributed by atoms with E-state index < -0.39 is 0 Å². The Morgan fingerprint density at radius 3 is 2.71 bits per heavy atom. The van der Waals surface area contributed by atoms with Crippen molar-refractivity contribution < 1.29 is 19.0 Å². The van der Waals surface area contributed by atoms with Crippen LogP contribution >= 0.6 is 0 Å². The number of methoxy groups -OCH3 is 3. The van der Waals surface area contributed by atoms with E-state index in [1.54, 1.807) is 25.4 Å². The van der Waals surface area contributed by atoms with Gasteiger partial charge in [-0.3, -0.25) is 9.59 Å². The van der Waals surface area contributed by atoms with Crippen LogP contribution in [0.2, 0.25) is 0 Å². The maximum absolute atomic E-state index is 13.5. The zero-order valence-corrected chi connectivity index (χ0v) is 21.2. The summed E-state index contributed by atoms with van der Waals surface area (Å²) in [5, 5.41) is 5.31. The second-order valence-corrected chi connectivity index (χ2v) is 9.56. The van der Waals surface area contributed by atoms with E-state index in [0.29, 0.717) is 53.9 Å². The lowest BCUT2D eigenvalue weighted by Crippen LogP contribution is -2.52. The molecule has 1 aromatic carbocycles. The van der Waals surface area contributed by atoms with Crippen LogP contribution in [0, 0.1) is 5.92 Å². The third-order valence-corrected chi connectivity index (χ3v) is 7.46. The van der Waals surface area contributed by atoms with E-state index in [0.717, 1.165) is 12.8 Å². The van der Waals surface area contributed by atoms with Crippen molar-refractivity contribution in [1.82, 2.24) is 19.6 Å². The van der Waals surface area contributed by atoms with Gasteiger partial charge in [-0.25, -0.2) is 4.68 Å². The molecule has 2 atom stereocenters. The van der Waals surface area contributed by atoms with Crippen LogP contribution in [-0.2, 0) is 16.1 Å². The minimum Gasteiger partial charge on any atom is -0.493 e. The second-order valence-electron chi connectivity index (χ2n) is 9.56. The van der Waals surface area contributed by atoms with Crippen LogP contribution in [0.3, 0.4) is 0 Å². The molecule has 1 amide bonds. The van der Waals surface area contributed by atoms with Gasteiger partial charge in [0.2, 0.25) is 5.91 Å². The molecule has 2 aliphatic rings. The summed E-state index contributed by atoms with van der Waals surface area (Å²) in [6, 6.07) is 4.06. The smallest absolute Gasteiger partial charge is 0.279 e. The van der Waals surface area contributed by atoms with Gasteiger partial charge < -0.3 is 24.0 Å². The number of ether oxygens (including phenoxy) is 3. The van der Waals surface area contributed by atoms with Crippen molar-refractivity contribution in [1.29, 1.82) is 0 Å². The monoisotopic (exact) mass is 486 g/mol. The number of nitrogens with zero attached hydrogens (tertiary/aromatic N) is 4. The molecule has 2 unspecified atom stereocenters. The van der Waals surface area contributed by atoms with Gasteiger partial charge in [0.25, 0.3) is 5.56 Å². The number of fused-ring (bicyclic) bond motifs is 2. The van der Waals surface area contributed by atoms with Crippen molar-refractivity contribution >= 4 is 16.7 Å². The molecule has 4 rings (SSSR count). The summed E-state index contributed by atoms with van der Waals surface area (Å²) < 4.78 is 17.3. The molecule has 0 radical (unpaired) electrons. The van der Waals surface area contributed by atoms with Gasteiger partial charge in [-0.2, -0.15) is 5.10 Å². The van der Waals surface area contributed by atoms with Crippen LogP contribution in [-0.4, -0.2) is 85.6 Å². The van der Waals surface area contributed by atoms with E-state index in [4.69, 9.17) is 14.2 Å². The van der Waals surface area contributed by atoms with Gasteiger partial charge in [0.15, 0.2) is 11.5 Å². The van der Waals surface area contributed by atoms with E-state index in [1.165, 1.54) is 57.7 Å². The molecule has 2 aliphatic heterocycles. The Morgan fingerprint density at radius 2 is 1.94 bits per heavy atom. The van der Waals surface area contributed by atoms with Gasteiger partial charge in [0.05, 0.1) is 25.8 Å². The highest BCUT2D eigenvalue weighted by Crippen LogP contribution is 2.33. The van der Waals surface area contributed by atoms with E-state index in [1.807, 2.05) is 4.90 Å². The molecule has 0 N–H and O–H groups in total. The third kappa shape index (κ3) is 5.62. The van der Waals surface area contributed by atoms with Gasteiger partial charge in [0, 0.05) is 38.2 Å². The lowest BCUT2D eigenvalue weighted by atomic mass is 9.83. The summed E-state index contributed by atoms with van der Waals surface area (Å²) in [4.78, 5) is 31.4. The highest BCUT2D eigenvalue weighted by molar-refractivity contribution is 5.89. The number of rotatable bonds is 10. The molecule has 2 aromatic rings. The highest BCUT2D eigenvalue weighted by atomic mass is 16.5. The third-order valence-electron chi connectivity index (χ3n) is 7.46. The first-order valence-electron chi connectivity index (χ1n) is 12.7. The Balaban J connectivity index is 1.56. The molecule has 9 heteroatoms. The van der Waals surface area contributed by atoms with Crippen LogP contribution in [0.4, 0.5) is 0 Å². The summed E-state index contributed by atoms with van der Waals surface area (Å²) in [6.07, 6.45) is 8.41. The molecule has 3 heterocycles. The maximum Gasteiger partial charge on any atom is 0.279 e. The molecule has 2 saturated heterocycles. The van der Waals surface area contributed by atoms with Gasteiger partial charge >= 0.3 is 0 Å². The van der Waals surface area contributed by atoms with E-state index in [-0.39, 0.29) is 18.0 Å². The molecule has 1 aromatic heterocycles. The maximum atomic E-state index is 13.5. The molecule has 0 bridgehead atoms. The lowest BCUT2D eigenvalue weighted by molar-refractivity contribution is -0.133. The van der Waals surface area contributed by atoms with Gasteiger partial charge in [-0.05, 0) is 63.2 Å². The first-order valence-corrected chi connectivity index (χ1v) is 12.7. The van der Waals surface area contributed by atoms with Crippen LogP contribution in [0.25, 0.3) is 10.8 Å². The van der Waals surface area contributed by atoms with E-state index >= 15 is 0 Å². The molecule has 9 nitrogen and oxygen atoms in total. The van der Waals surface area contributed by atoms with Crippen molar-refractivity contribution in [3.05, 3.63) is 28.7 Å². The summed E-state index contributed by atoms with van der Waals surface area (Å²) >= 11 is 0. The zero-order valence-electron chi connectivity index (χ0n) is 21.2. The first-order chi connectivity index (χ1) is 17.1. The molecule has 35 heavy (non-hydrogen) atoms. The largest absolute Gasteiger partial charge is 0.493 e. The fourth-order valence-corrected chi connectivity index (χ4v) is 5.72. The molecule has 192 valence electrons. The Hall–Kier alpha value is -2.65. The molecule has 0 spiro atoms.